The van der Waals surface area contributed by atoms with Gasteiger partial charge in [0.15, 0.2) is 0 Å². The van der Waals surface area contributed by atoms with Gasteiger partial charge in [0.25, 0.3) is 5.56 Å². The van der Waals surface area contributed by atoms with Gasteiger partial charge in [-0.15, -0.1) is 11.8 Å². The highest BCUT2D eigenvalue weighted by Crippen LogP contribution is 2.34. The van der Waals surface area contributed by atoms with Crippen molar-refractivity contribution < 1.29 is 4.79 Å². The standard InChI is InChI=1S/C18H14ClN3O2S/c19-12-5-6-13-14(9-12)20-11-21(18(13)24)10-17(23)22-7-8-25-16-4-2-1-3-15(16)22/h1-6,9,11H,7-8,10H2. The van der Waals surface area contributed by atoms with Gasteiger partial charge in [-0.2, -0.15) is 0 Å². The van der Waals surface area contributed by atoms with Crippen molar-refractivity contribution in [1.82, 2.24) is 9.55 Å². The number of amides is 1. The number of anilines is 1. The molecule has 1 amide bonds. The first-order valence-corrected chi connectivity index (χ1v) is 9.17. The zero-order valence-electron chi connectivity index (χ0n) is 13.2. The van der Waals surface area contributed by atoms with Crippen molar-refractivity contribution in [1.29, 1.82) is 0 Å². The summed E-state index contributed by atoms with van der Waals surface area (Å²) in [5.74, 6) is 0.719. The highest BCUT2D eigenvalue weighted by Gasteiger charge is 2.23. The second kappa shape index (κ2) is 6.54. The van der Waals surface area contributed by atoms with Crippen molar-refractivity contribution in [2.24, 2.45) is 0 Å². The Balaban J connectivity index is 1.66. The molecule has 25 heavy (non-hydrogen) atoms. The lowest BCUT2D eigenvalue weighted by molar-refractivity contribution is -0.119. The summed E-state index contributed by atoms with van der Waals surface area (Å²) < 4.78 is 1.35. The molecule has 4 rings (SSSR count). The molecule has 1 aliphatic rings. The molecule has 0 saturated heterocycles. The third-order valence-electron chi connectivity index (χ3n) is 4.12. The Kier molecular flexibility index (Phi) is 4.23. The molecule has 0 N–H and O–H groups in total. The van der Waals surface area contributed by atoms with E-state index in [0.29, 0.717) is 22.5 Å². The van der Waals surface area contributed by atoms with E-state index in [-0.39, 0.29) is 18.0 Å². The first kappa shape index (κ1) is 16.2. The van der Waals surface area contributed by atoms with Gasteiger partial charge in [-0.05, 0) is 30.3 Å². The van der Waals surface area contributed by atoms with E-state index in [0.717, 1.165) is 16.3 Å². The topological polar surface area (TPSA) is 55.2 Å². The fourth-order valence-corrected chi connectivity index (χ4v) is 4.06. The fraction of sp³-hybridized carbons (Fsp3) is 0.167. The van der Waals surface area contributed by atoms with Crippen LogP contribution in [0.15, 0.2) is 58.5 Å². The quantitative estimate of drug-likeness (QED) is 0.694. The number of para-hydroxylation sites is 1. The molecule has 1 aromatic heterocycles. The lowest BCUT2D eigenvalue weighted by Crippen LogP contribution is -2.39. The molecule has 0 fully saturated rings. The van der Waals surface area contributed by atoms with Crippen LogP contribution in [0.4, 0.5) is 5.69 Å². The van der Waals surface area contributed by atoms with E-state index in [4.69, 9.17) is 11.6 Å². The third kappa shape index (κ3) is 3.03. The number of thioether (sulfide) groups is 1. The fourth-order valence-electron chi connectivity index (χ4n) is 2.90. The van der Waals surface area contributed by atoms with Crippen LogP contribution in [-0.2, 0) is 11.3 Å². The van der Waals surface area contributed by atoms with Gasteiger partial charge in [-0.3, -0.25) is 14.2 Å². The Hall–Kier alpha value is -2.31. The van der Waals surface area contributed by atoms with Crippen molar-refractivity contribution in [3.63, 3.8) is 0 Å². The largest absolute Gasteiger partial charge is 0.309 e. The number of aromatic nitrogens is 2. The molecule has 0 bridgehead atoms. The van der Waals surface area contributed by atoms with Gasteiger partial charge in [0.2, 0.25) is 5.91 Å². The minimum atomic E-state index is -0.241. The number of fused-ring (bicyclic) bond motifs is 2. The highest BCUT2D eigenvalue weighted by molar-refractivity contribution is 7.99. The molecule has 5 nitrogen and oxygen atoms in total. The van der Waals surface area contributed by atoms with Crippen molar-refractivity contribution in [3.8, 4) is 0 Å². The van der Waals surface area contributed by atoms with Crippen LogP contribution in [0.3, 0.4) is 0 Å². The highest BCUT2D eigenvalue weighted by atomic mass is 35.5. The van der Waals surface area contributed by atoms with Crippen LogP contribution in [0.25, 0.3) is 10.9 Å². The molecule has 0 atom stereocenters. The van der Waals surface area contributed by atoms with E-state index < -0.39 is 0 Å². The van der Waals surface area contributed by atoms with Gasteiger partial charge >= 0.3 is 0 Å². The molecule has 1 aliphatic heterocycles. The number of hydrogen-bond donors (Lipinski definition) is 0. The first-order valence-electron chi connectivity index (χ1n) is 7.80. The summed E-state index contributed by atoms with van der Waals surface area (Å²) >= 11 is 7.67. The van der Waals surface area contributed by atoms with Crippen molar-refractivity contribution >= 4 is 45.9 Å². The lowest BCUT2D eigenvalue weighted by Gasteiger charge is -2.29. The van der Waals surface area contributed by atoms with E-state index in [9.17, 15) is 9.59 Å². The predicted octanol–water partition coefficient (Wildman–Crippen LogP) is 3.19. The summed E-state index contributed by atoms with van der Waals surface area (Å²) in [5.41, 5.74) is 1.19. The Morgan fingerprint density at radius 1 is 1.24 bits per heavy atom. The molecular formula is C18H14ClN3O2S. The molecule has 2 heterocycles. The van der Waals surface area contributed by atoms with Crippen LogP contribution in [0.1, 0.15) is 0 Å². The number of halogens is 1. The van der Waals surface area contributed by atoms with E-state index >= 15 is 0 Å². The maximum atomic E-state index is 12.8. The van der Waals surface area contributed by atoms with Gasteiger partial charge in [0.05, 0.1) is 22.9 Å². The van der Waals surface area contributed by atoms with Gasteiger partial charge in [0.1, 0.15) is 6.54 Å². The maximum absolute atomic E-state index is 12.8. The predicted molar refractivity (Wildman–Crippen MR) is 101 cm³/mol. The van der Waals surface area contributed by atoms with Gasteiger partial charge < -0.3 is 4.90 Å². The number of hydrogen-bond acceptors (Lipinski definition) is 4. The van der Waals surface area contributed by atoms with Crippen LogP contribution in [-0.4, -0.2) is 27.8 Å². The smallest absolute Gasteiger partial charge is 0.261 e. The summed E-state index contributed by atoms with van der Waals surface area (Å²) in [5, 5.41) is 0.977. The molecule has 0 spiro atoms. The minimum absolute atomic E-state index is 0.0383. The van der Waals surface area contributed by atoms with Crippen LogP contribution in [0, 0.1) is 0 Å². The molecular weight excluding hydrogens is 358 g/mol. The average molecular weight is 372 g/mol. The van der Waals surface area contributed by atoms with Gasteiger partial charge in [0, 0.05) is 22.2 Å². The van der Waals surface area contributed by atoms with E-state index in [1.807, 2.05) is 24.3 Å². The summed E-state index contributed by atoms with van der Waals surface area (Å²) in [4.78, 5) is 32.5. The normalized spacial score (nSPS) is 13.7. The van der Waals surface area contributed by atoms with Gasteiger partial charge in [-0.25, -0.2) is 4.98 Å². The van der Waals surface area contributed by atoms with Crippen LogP contribution in [0.5, 0.6) is 0 Å². The molecule has 0 saturated carbocycles. The van der Waals surface area contributed by atoms with Crippen molar-refractivity contribution in [3.05, 3.63) is 64.2 Å². The zero-order valence-corrected chi connectivity index (χ0v) is 14.8. The molecule has 126 valence electrons. The second-order valence-corrected chi connectivity index (χ2v) is 7.27. The number of rotatable bonds is 2. The lowest BCUT2D eigenvalue weighted by atomic mass is 10.2. The summed E-state index contributed by atoms with van der Waals surface area (Å²) in [6, 6.07) is 12.7. The van der Waals surface area contributed by atoms with Crippen LogP contribution in [0.2, 0.25) is 5.02 Å². The van der Waals surface area contributed by atoms with Crippen molar-refractivity contribution in [2.45, 2.75) is 11.4 Å². The Morgan fingerprint density at radius 3 is 2.96 bits per heavy atom. The van der Waals surface area contributed by atoms with E-state index in [1.165, 1.54) is 10.9 Å². The third-order valence-corrected chi connectivity index (χ3v) is 5.40. The summed E-state index contributed by atoms with van der Waals surface area (Å²) in [6.07, 6.45) is 1.41. The first-order chi connectivity index (χ1) is 12.1. The van der Waals surface area contributed by atoms with Crippen LogP contribution >= 0.6 is 23.4 Å². The summed E-state index contributed by atoms with van der Waals surface area (Å²) in [7, 11) is 0. The molecule has 0 aliphatic carbocycles. The Morgan fingerprint density at radius 2 is 2.08 bits per heavy atom. The Labute approximate surface area is 153 Å². The SMILES string of the molecule is O=C(Cn1cnc2cc(Cl)ccc2c1=O)N1CCSc2ccccc21. The number of carbonyl (C=O) groups excluding carboxylic acids is 1. The monoisotopic (exact) mass is 371 g/mol. The van der Waals surface area contributed by atoms with E-state index in [2.05, 4.69) is 4.98 Å². The Bertz CT molecular complexity index is 1030. The number of nitrogens with zero attached hydrogens (tertiary/aromatic N) is 3. The summed E-state index contributed by atoms with van der Waals surface area (Å²) in [6.45, 7) is 0.593. The number of benzene rings is 2. The molecule has 2 aromatic carbocycles. The minimum Gasteiger partial charge on any atom is -0.309 e. The number of carbonyl (C=O) groups is 1. The maximum Gasteiger partial charge on any atom is 0.261 e. The molecule has 7 heteroatoms. The average Bonchev–Trinajstić information content (AvgIpc) is 2.63. The van der Waals surface area contributed by atoms with Gasteiger partial charge in [-0.1, -0.05) is 23.7 Å². The van der Waals surface area contributed by atoms with E-state index in [1.54, 1.807) is 34.9 Å². The molecule has 0 unspecified atom stereocenters. The molecule has 0 radical (unpaired) electrons. The second-order valence-electron chi connectivity index (χ2n) is 5.70. The molecule has 3 aromatic rings. The van der Waals surface area contributed by atoms with Crippen molar-refractivity contribution in [2.75, 3.05) is 17.2 Å². The zero-order chi connectivity index (χ0) is 17.4. The van der Waals surface area contributed by atoms with Crippen LogP contribution < -0.4 is 10.5 Å².